The van der Waals surface area contributed by atoms with Crippen molar-refractivity contribution in [3.8, 4) is 0 Å². The summed E-state index contributed by atoms with van der Waals surface area (Å²) in [6.45, 7) is 6.83. The Bertz CT molecular complexity index is 283. The van der Waals surface area contributed by atoms with Gasteiger partial charge in [-0.2, -0.15) is 0 Å². The monoisotopic (exact) mass is 434 g/mol. The molecule has 0 aliphatic carbocycles. The summed E-state index contributed by atoms with van der Waals surface area (Å²) in [5.41, 5.74) is 0. The third kappa shape index (κ3) is 17.4. The molecule has 0 unspecified atom stereocenters. The maximum atomic E-state index is 11.5. The fraction of sp³-hybridized carbons (Fsp3) is 1.00. The molecule has 0 heterocycles. The quantitative estimate of drug-likeness (QED) is 0.118. The van der Waals surface area contributed by atoms with Crippen molar-refractivity contribution in [2.24, 2.45) is 0 Å². The van der Waals surface area contributed by atoms with Crippen molar-refractivity contribution < 1.29 is 8.88 Å². The van der Waals surface area contributed by atoms with Crippen molar-refractivity contribution in [1.82, 2.24) is 0 Å². The average molecular weight is 435 g/mol. The normalized spacial score (nSPS) is 12.7. The van der Waals surface area contributed by atoms with Crippen LogP contribution in [0.25, 0.3) is 0 Å². The summed E-state index contributed by atoms with van der Waals surface area (Å²) in [5.74, 6) is 0. The third-order valence-electron chi connectivity index (χ3n) is 6.19. The first-order valence-corrected chi connectivity index (χ1v) is 16.0. The minimum absolute atomic E-state index is 0.0532. The van der Waals surface area contributed by atoms with Gasteiger partial charge in [-0.1, -0.05) is 0 Å². The first-order valence-electron chi connectivity index (χ1n) is 12.8. The van der Waals surface area contributed by atoms with E-state index in [-0.39, 0.29) is 8.69 Å². The van der Waals surface area contributed by atoms with Crippen LogP contribution in [0.3, 0.4) is 0 Å². The predicted molar refractivity (Wildman–Crippen MR) is 132 cm³/mol. The molecule has 0 aromatic rings. The second-order valence-corrected chi connectivity index (χ2v) is 13.6. The Morgan fingerprint density at radius 3 is 1.07 bits per heavy atom. The molecule has 0 aromatic heterocycles. The third-order valence-corrected chi connectivity index (χ3v) is 11.8. The van der Waals surface area contributed by atoms with Gasteiger partial charge < -0.3 is 0 Å². The molecule has 0 atom stereocenters. The molecular weight excluding hydrogens is 382 g/mol. The summed E-state index contributed by atoms with van der Waals surface area (Å²) in [5, 5.41) is 0. The van der Waals surface area contributed by atoms with Crippen molar-refractivity contribution in [2.75, 3.05) is 18.5 Å². The molecule has 0 aliphatic heterocycles. The fourth-order valence-corrected chi connectivity index (χ4v) is 9.43. The van der Waals surface area contributed by atoms with Crippen LogP contribution in [0.15, 0.2) is 0 Å². The van der Waals surface area contributed by atoms with Crippen LogP contribution in [0, 0.1) is 0 Å². The van der Waals surface area contributed by atoms with Gasteiger partial charge in [0.05, 0.1) is 0 Å². The Balaban J connectivity index is 4.41. The second-order valence-electron chi connectivity index (χ2n) is 8.90. The van der Waals surface area contributed by atoms with Crippen molar-refractivity contribution in [2.45, 2.75) is 136 Å². The SMILES string of the molecule is CCCCCCCC[PH](CCCCCCCC)(CCCCCCCC)OP=O. The van der Waals surface area contributed by atoms with Gasteiger partial charge in [0.25, 0.3) is 0 Å². The Hall–Kier alpha value is 0.490. The van der Waals surface area contributed by atoms with E-state index in [2.05, 4.69) is 20.8 Å². The van der Waals surface area contributed by atoms with E-state index in [1.165, 1.54) is 134 Å². The van der Waals surface area contributed by atoms with Crippen LogP contribution in [0.2, 0.25) is 0 Å². The zero-order chi connectivity index (χ0) is 20.8. The maximum absolute atomic E-state index is 11.5. The molecule has 0 bridgehead atoms. The summed E-state index contributed by atoms with van der Waals surface area (Å²) in [6.07, 6.45) is 27.8. The minimum atomic E-state index is -1.83. The fourth-order valence-electron chi connectivity index (χ4n) is 4.27. The molecule has 0 saturated carbocycles. The van der Waals surface area contributed by atoms with Crippen LogP contribution in [0.1, 0.15) is 136 Å². The number of rotatable bonds is 23. The molecule has 2 nitrogen and oxygen atoms in total. The summed E-state index contributed by atoms with van der Waals surface area (Å²) in [6, 6.07) is 0. The number of hydrogen-bond donors (Lipinski definition) is 0. The Morgan fingerprint density at radius 2 is 0.786 bits per heavy atom. The predicted octanol–water partition coefficient (Wildman–Crippen LogP) is 9.96. The van der Waals surface area contributed by atoms with Crippen LogP contribution < -0.4 is 0 Å². The molecule has 0 aliphatic rings. The molecule has 0 amide bonds. The van der Waals surface area contributed by atoms with Crippen molar-refractivity contribution in [1.29, 1.82) is 0 Å². The van der Waals surface area contributed by atoms with Gasteiger partial charge in [-0.25, -0.2) is 0 Å². The zero-order valence-corrected chi connectivity index (χ0v) is 21.5. The van der Waals surface area contributed by atoms with Crippen molar-refractivity contribution in [3.05, 3.63) is 0 Å². The Labute approximate surface area is 180 Å². The molecule has 0 rings (SSSR count). The molecule has 28 heavy (non-hydrogen) atoms. The van der Waals surface area contributed by atoms with Gasteiger partial charge in [-0.3, -0.25) is 0 Å². The average Bonchev–Trinajstić information content (AvgIpc) is 2.70. The molecule has 0 N–H and O–H groups in total. The molecule has 0 saturated heterocycles. The summed E-state index contributed by atoms with van der Waals surface area (Å²) in [7, 11) is -1.88. The van der Waals surface area contributed by atoms with Gasteiger partial charge >= 0.3 is 180 Å². The standard InChI is InChI=1S/C24H52O2P2/c1-4-7-10-13-16-19-22-28(26-27-25,23-20-17-14-11-8-5-2)24-21-18-15-12-9-6-3/h28H,4-24H2,1-3H3. The molecule has 0 aromatic carbocycles. The van der Waals surface area contributed by atoms with Gasteiger partial charge in [0.2, 0.25) is 0 Å². The van der Waals surface area contributed by atoms with Crippen LogP contribution >= 0.6 is 16.2 Å². The first-order chi connectivity index (χ1) is 13.7. The number of unbranched alkanes of at least 4 members (excludes halogenated alkanes) is 15. The van der Waals surface area contributed by atoms with E-state index >= 15 is 0 Å². The van der Waals surface area contributed by atoms with Crippen LogP contribution in [-0.4, -0.2) is 18.5 Å². The summed E-state index contributed by atoms with van der Waals surface area (Å²) >= 11 is 0. The van der Waals surface area contributed by atoms with E-state index in [1.54, 1.807) is 0 Å². The van der Waals surface area contributed by atoms with E-state index in [0.29, 0.717) is 0 Å². The summed E-state index contributed by atoms with van der Waals surface area (Å²) in [4.78, 5) is 0. The van der Waals surface area contributed by atoms with Gasteiger partial charge in [0.15, 0.2) is 0 Å². The van der Waals surface area contributed by atoms with E-state index in [4.69, 9.17) is 4.31 Å². The van der Waals surface area contributed by atoms with E-state index in [0.717, 1.165) is 0 Å². The van der Waals surface area contributed by atoms with E-state index in [1.807, 2.05) is 0 Å². The Morgan fingerprint density at radius 1 is 0.500 bits per heavy atom. The molecule has 0 radical (unpaired) electrons. The molecule has 0 spiro atoms. The van der Waals surface area contributed by atoms with Crippen LogP contribution in [0.4, 0.5) is 0 Å². The molecule has 0 fully saturated rings. The van der Waals surface area contributed by atoms with Gasteiger partial charge in [0.1, 0.15) is 0 Å². The van der Waals surface area contributed by atoms with Crippen LogP contribution in [0.5, 0.6) is 0 Å². The molecular formula is C24H52O2P2. The topological polar surface area (TPSA) is 26.3 Å². The van der Waals surface area contributed by atoms with Gasteiger partial charge in [-0.15, -0.1) is 0 Å². The Kier molecular flexibility index (Phi) is 22.6. The van der Waals surface area contributed by atoms with Crippen molar-refractivity contribution >= 4 is 16.2 Å². The van der Waals surface area contributed by atoms with E-state index < -0.39 is 7.49 Å². The first kappa shape index (κ1) is 28.5. The second kappa shape index (κ2) is 22.2. The molecule has 170 valence electrons. The van der Waals surface area contributed by atoms with Crippen LogP contribution in [-0.2, 0) is 8.88 Å². The molecule has 4 heteroatoms. The number of hydrogen-bond acceptors (Lipinski definition) is 2. The van der Waals surface area contributed by atoms with Gasteiger partial charge in [0, 0.05) is 0 Å². The van der Waals surface area contributed by atoms with E-state index in [9.17, 15) is 4.57 Å². The van der Waals surface area contributed by atoms with Crippen molar-refractivity contribution in [3.63, 3.8) is 0 Å². The van der Waals surface area contributed by atoms with Gasteiger partial charge in [-0.05, 0) is 0 Å². The summed E-state index contributed by atoms with van der Waals surface area (Å²) < 4.78 is 17.5. The zero-order valence-electron chi connectivity index (χ0n) is 19.6.